The monoisotopic (exact) mass is 432 g/mol. The topological polar surface area (TPSA) is 128 Å². The minimum Gasteiger partial charge on any atom is -0.361 e. The van der Waals surface area contributed by atoms with Crippen LogP contribution in [0, 0.1) is 0 Å². The van der Waals surface area contributed by atoms with Crippen LogP contribution < -0.4 is 10.6 Å². The molecule has 1 aromatic carbocycles. The summed E-state index contributed by atoms with van der Waals surface area (Å²) in [5.41, 5.74) is 2.03. The second-order valence-corrected chi connectivity index (χ2v) is 10.0. The Morgan fingerprint density at radius 1 is 1.23 bits per heavy atom. The second kappa shape index (κ2) is 8.10. The standard InChI is InChI=1S/C20H24N4O5S/c25-18(22-14-8-10-30(28,29)12-14)6-5-17-19(26)24(20(27)23-17)9-7-13-11-21-16-4-2-1-3-15(13)16/h1-4,11,14,17,21H,5-10,12H2,(H,22,25)(H,23,27)/t14-,17-/m0/s1. The summed E-state index contributed by atoms with van der Waals surface area (Å²) in [7, 11) is -3.07. The van der Waals surface area contributed by atoms with Crippen molar-refractivity contribution < 1.29 is 22.8 Å². The van der Waals surface area contributed by atoms with Crippen LogP contribution in [0.25, 0.3) is 10.9 Å². The maximum Gasteiger partial charge on any atom is 0.324 e. The van der Waals surface area contributed by atoms with Gasteiger partial charge in [-0.3, -0.25) is 14.5 Å². The Kier molecular flexibility index (Phi) is 5.50. The summed E-state index contributed by atoms with van der Waals surface area (Å²) < 4.78 is 22.9. The van der Waals surface area contributed by atoms with Crippen LogP contribution >= 0.6 is 0 Å². The van der Waals surface area contributed by atoms with Crippen molar-refractivity contribution in [3.05, 3.63) is 36.0 Å². The molecule has 10 heteroatoms. The summed E-state index contributed by atoms with van der Waals surface area (Å²) >= 11 is 0. The Hall–Kier alpha value is -2.88. The van der Waals surface area contributed by atoms with Crippen molar-refractivity contribution in [2.45, 2.75) is 37.8 Å². The summed E-state index contributed by atoms with van der Waals surface area (Å²) in [6.07, 6.45) is 3.05. The van der Waals surface area contributed by atoms with Gasteiger partial charge in [0.25, 0.3) is 5.91 Å². The summed E-state index contributed by atoms with van der Waals surface area (Å²) in [4.78, 5) is 41.3. The van der Waals surface area contributed by atoms with Gasteiger partial charge in [-0.15, -0.1) is 0 Å². The number of hydrogen-bond acceptors (Lipinski definition) is 5. The van der Waals surface area contributed by atoms with Gasteiger partial charge in [-0.1, -0.05) is 18.2 Å². The zero-order chi connectivity index (χ0) is 21.3. The van der Waals surface area contributed by atoms with Gasteiger partial charge in [-0.25, -0.2) is 13.2 Å². The van der Waals surface area contributed by atoms with Crippen LogP contribution in [0.1, 0.15) is 24.8 Å². The fourth-order valence-electron chi connectivity index (χ4n) is 4.04. The number of amides is 4. The lowest BCUT2D eigenvalue weighted by Crippen LogP contribution is -2.37. The number of hydrogen-bond donors (Lipinski definition) is 3. The summed E-state index contributed by atoms with van der Waals surface area (Å²) in [5.74, 6) is -0.604. The van der Waals surface area contributed by atoms with Crippen LogP contribution in [0.3, 0.4) is 0 Å². The molecule has 0 radical (unpaired) electrons. The van der Waals surface area contributed by atoms with E-state index in [1.165, 1.54) is 4.90 Å². The first kappa shape index (κ1) is 20.4. The quantitative estimate of drug-likeness (QED) is 0.555. The summed E-state index contributed by atoms with van der Waals surface area (Å²) in [5, 5.41) is 6.40. The van der Waals surface area contributed by atoms with Crippen molar-refractivity contribution in [3.8, 4) is 0 Å². The molecule has 30 heavy (non-hydrogen) atoms. The lowest BCUT2D eigenvalue weighted by Gasteiger charge is -2.13. The fraction of sp³-hybridized carbons (Fsp3) is 0.450. The van der Waals surface area contributed by atoms with Gasteiger partial charge >= 0.3 is 6.03 Å². The molecule has 2 atom stereocenters. The Bertz CT molecular complexity index is 1090. The minimum absolute atomic E-state index is 0.0422. The van der Waals surface area contributed by atoms with Crippen LogP contribution in [0.5, 0.6) is 0 Å². The van der Waals surface area contributed by atoms with E-state index in [-0.39, 0.29) is 48.7 Å². The van der Waals surface area contributed by atoms with Gasteiger partial charge in [0.1, 0.15) is 6.04 Å². The number of rotatable bonds is 7. The number of benzene rings is 1. The molecule has 4 rings (SSSR count). The molecular formula is C20H24N4O5S. The maximum atomic E-state index is 12.6. The number of nitrogens with one attached hydrogen (secondary N) is 3. The van der Waals surface area contributed by atoms with Crippen molar-refractivity contribution in [2.24, 2.45) is 0 Å². The van der Waals surface area contributed by atoms with Crippen molar-refractivity contribution in [2.75, 3.05) is 18.1 Å². The van der Waals surface area contributed by atoms with Gasteiger partial charge in [0.2, 0.25) is 5.91 Å². The van der Waals surface area contributed by atoms with Crippen molar-refractivity contribution in [3.63, 3.8) is 0 Å². The molecule has 9 nitrogen and oxygen atoms in total. The van der Waals surface area contributed by atoms with Crippen LogP contribution in [0.2, 0.25) is 0 Å². The van der Waals surface area contributed by atoms with Crippen molar-refractivity contribution in [1.29, 1.82) is 0 Å². The molecule has 160 valence electrons. The third kappa shape index (κ3) is 4.33. The third-order valence-electron chi connectivity index (χ3n) is 5.64. The molecule has 4 amide bonds. The van der Waals surface area contributed by atoms with Crippen molar-refractivity contribution in [1.82, 2.24) is 20.5 Å². The van der Waals surface area contributed by atoms with Gasteiger partial charge in [-0.2, -0.15) is 0 Å². The van der Waals surface area contributed by atoms with E-state index in [1.54, 1.807) is 0 Å². The normalized spacial score (nSPS) is 23.1. The molecule has 0 spiro atoms. The maximum absolute atomic E-state index is 12.6. The SMILES string of the molecule is O=C(CC[C@@H]1NC(=O)N(CCc2c[nH]c3ccccc23)C1=O)N[C@H]1CCS(=O)(=O)C1. The Morgan fingerprint density at radius 3 is 2.80 bits per heavy atom. The number of H-pyrrole nitrogens is 1. The second-order valence-electron chi connectivity index (χ2n) is 7.81. The van der Waals surface area contributed by atoms with Crippen molar-refractivity contribution >= 4 is 38.6 Å². The molecule has 2 aliphatic rings. The number of carbonyl (C=O) groups is 3. The molecule has 1 aromatic heterocycles. The average Bonchev–Trinajstić information content (AvgIpc) is 3.35. The van der Waals surface area contributed by atoms with E-state index in [1.807, 2.05) is 30.5 Å². The van der Waals surface area contributed by atoms with E-state index < -0.39 is 21.9 Å². The van der Waals surface area contributed by atoms with E-state index in [4.69, 9.17) is 0 Å². The highest BCUT2D eigenvalue weighted by atomic mass is 32.2. The highest BCUT2D eigenvalue weighted by Gasteiger charge is 2.38. The third-order valence-corrected chi connectivity index (χ3v) is 7.41. The van der Waals surface area contributed by atoms with Gasteiger partial charge < -0.3 is 15.6 Å². The summed E-state index contributed by atoms with van der Waals surface area (Å²) in [6.45, 7) is 0.259. The molecule has 0 unspecified atom stereocenters. The molecule has 2 aromatic rings. The predicted octanol–water partition coefficient (Wildman–Crippen LogP) is 0.714. The fourth-order valence-corrected chi connectivity index (χ4v) is 5.71. The molecule has 0 aliphatic carbocycles. The number of nitrogens with zero attached hydrogens (tertiary/aromatic N) is 1. The first-order chi connectivity index (χ1) is 14.3. The zero-order valence-corrected chi connectivity index (χ0v) is 17.2. The van der Waals surface area contributed by atoms with E-state index in [0.717, 1.165) is 16.5 Å². The number of aromatic nitrogens is 1. The molecule has 3 N–H and O–H groups in total. The van der Waals surface area contributed by atoms with Crippen LogP contribution in [-0.2, 0) is 25.8 Å². The van der Waals surface area contributed by atoms with Crippen LogP contribution in [0.15, 0.2) is 30.5 Å². The number of carbonyl (C=O) groups excluding carboxylic acids is 3. The van der Waals surface area contributed by atoms with E-state index in [9.17, 15) is 22.8 Å². The van der Waals surface area contributed by atoms with E-state index in [0.29, 0.717) is 12.8 Å². The molecule has 3 heterocycles. The number of aromatic amines is 1. The number of urea groups is 1. The minimum atomic E-state index is -3.07. The number of sulfone groups is 1. The molecule has 0 saturated carbocycles. The first-order valence-corrected chi connectivity index (χ1v) is 11.8. The highest BCUT2D eigenvalue weighted by Crippen LogP contribution is 2.20. The molecular weight excluding hydrogens is 408 g/mol. The Balaban J connectivity index is 1.28. The van der Waals surface area contributed by atoms with Gasteiger partial charge in [0, 0.05) is 36.1 Å². The average molecular weight is 433 g/mol. The van der Waals surface area contributed by atoms with Crippen LogP contribution in [-0.4, -0.2) is 66.3 Å². The van der Waals surface area contributed by atoms with Crippen LogP contribution in [0.4, 0.5) is 4.79 Å². The lowest BCUT2D eigenvalue weighted by molar-refractivity contribution is -0.127. The zero-order valence-electron chi connectivity index (χ0n) is 16.4. The summed E-state index contributed by atoms with van der Waals surface area (Å²) in [6, 6.07) is 6.27. The highest BCUT2D eigenvalue weighted by molar-refractivity contribution is 7.91. The number of para-hydroxylation sites is 1. The predicted molar refractivity (Wildman–Crippen MR) is 110 cm³/mol. The van der Waals surface area contributed by atoms with E-state index >= 15 is 0 Å². The number of imide groups is 1. The van der Waals surface area contributed by atoms with Gasteiger partial charge in [0.15, 0.2) is 9.84 Å². The van der Waals surface area contributed by atoms with Gasteiger partial charge in [-0.05, 0) is 30.9 Å². The van der Waals surface area contributed by atoms with Gasteiger partial charge in [0.05, 0.1) is 11.5 Å². The van der Waals surface area contributed by atoms with E-state index in [2.05, 4.69) is 15.6 Å². The largest absolute Gasteiger partial charge is 0.361 e. The molecule has 2 aliphatic heterocycles. The molecule has 2 saturated heterocycles. The Morgan fingerprint density at radius 2 is 2.03 bits per heavy atom. The molecule has 0 bridgehead atoms. The molecule has 2 fully saturated rings. The lowest BCUT2D eigenvalue weighted by atomic mass is 10.1. The number of fused-ring (bicyclic) bond motifs is 1. The first-order valence-electron chi connectivity index (χ1n) is 9.99. The Labute approximate surface area is 174 Å². The smallest absolute Gasteiger partial charge is 0.324 e.